The number of rotatable bonds is 5. The first-order chi connectivity index (χ1) is 10.8. The molecular formula is C16H25N3O3S. The van der Waals surface area contributed by atoms with Crippen molar-refractivity contribution in [3.05, 3.63) is 29.3 Å². The highest BCUT2D eigenvalue weighted by Crippen LogP contribution is 2.24. The zero-order valence-corrected chi connectivity index (χ0v) is 14.7. The highest BCUT2D eigenvalue weighted by Gasteiger charge is 2.25. The third-order valence-electron chi connectivity index (χ3n) is 4.10. The summed E-state index contributed by atoms with van der Waals surface area (Å²) in [5.74, 6) is 0.484. The molecule has 0 radical (unpaired) electrons. The molecule has 0 saturated carbocycles. The first-order valence-corrected chi connectivity index (χ1v) is 9.71. The molecule has 1 heterocycles. The Bertz CT molecular complexity index is 665. The second kappa shape index (κ2) is 7.31. The molecule has 1 aromatic rings. The number of anilines is 1. The normalized spacial score (nSPS) is 16.4. The summed E-state index contributed by atoms with van der Waals surface area (Å²) in [6.45, 7) is 4.27. The second-order valence-corrected chi connectivity index (χ2v) is 7.96. The molecule has 128 valence electrons. The van der Waals surface area contributed by atoms with Gasteiger partial charge in [0.05, 0.1) is 17.5 Å². The van der Waals surface area contributed by atoms with Gasteiger partial charge in [-0.15, -0.1) is 0 Å². The van der Waals surface area contributed by atoms with E-state index in [1.807, 2.05) is 18.9 Å². The standard InChI is InChI=1S/C16H25N3O3S/c1-12-4-5-15(18-23(3,21)22)14(10-12)16(20)19-8-6-13(7-9-19)11-17-2/h4-5,10,13,17-18H,6-9,11H2,1-3H3. The third kappa shape index (κ3) is 4.94. The van der Waals surface area contributed by atoms with E-state index >= 15 is 0 Å². The number of piperidine rings is 1. The van der Waals surface area contributed by atoms with E-state index < -0.39 is 10.0 Å². The fourth-order valence-corrected chi connectivity index (χ4v) is 3.50. The van der Waals surface area contributed by atoms with Crippen LogP contribution < -0.4 is 10.0 Å². The number of benzene rings is 1. The van der Waals surface area contributed by atoms with E-state index in [9.17, 15) is 13.2 Å². The van der Waals surface area contributed by atoms with Crippen LogP contribution in [0, 0.1) is 12.8 Å². The van der Waals surface area contributed by atoms with Crippen molar-refractivity contribution < 1.29 is 13.2 Å². The van der Waals surface area contributed by atoms with Gasteiger partial charge in [0, 0.05) is 13.1 Å². The molecule has 1 saturated heterocycles. The van der Waals surface area contributed by atoms with Crippen LogP contribution in [0.3, 0.4) is 0 Å². The molecule has 0 aliphatic carbocycles. The largest absolute Gasteiger partial charge is 0.339 e. The van der Waals surface area contributed by atoms with Gasteiger partial charge in [-0.1, -0.05) is 11.6 Å². The summed E-state index contributed by atoms with van der Waals surface area (Å²) in [4.78, 5) is 14.6. The molecule has 1 amide bonds. The first kappa shape index (κ1) is 17.7. The molecule has 2 rings (SSSR count). The van der Waals surface area contributed by atoms with Crippen molar-refractivity contribution >= 4 is 21.6 Å². The summed E-state index contributed by atoms with van der Waals surface area (Å²) < 4.78 is 25.5. The zero-order chi connectivity index (χ0) is 17.0. The second-order valence-electron chi connectivity index (χ2n) is 6.22. The summed E-state index contributed by atoms with van der Waals surface area (Å²) in [6.07, 6.45) is 3.02. The van der Waals surface area contributed by atoms with Crippen molar-refractivity contribution in [3.63, 3.8) is 0 Å². The molecule has 23 heavy (non-hydrogen) atoms. The van der Waals surface area contributed by atoms with Gasteiger partial charge in [0.1, 0.15) is 0 Å². The van der Waals surface area contributed by atoms with Gasteiger partial charge in [0.15, 0.2) is 0 Å². The van der Waals surface area contributed by atoms with E-state index in [-0.39, 0.29) is 5.91 Å². The summed E-state index contributed by atoms with van der Waals surface area (Å²) in [7, 11) is -1.48. The topological polar surface area (TPSA) is 78.5 Å². The van der Waals surface area contributed by atoms with Crippen molar-refractivity contribution in [1.82, 2.24) is 10.2 Å². The average Bonchev–Trinajstić information content (AvgIpc) is 2.48. The summed E-state index contributed by atoms with van der Waals surface area (Å²) in [5.41, 5.74) is 1.69. The number of amides is 1. The summed E-state index contributed by atoms with van der Waals surface area (Å²) >= 11 is 0. The van der Waals surface area contributed by atoms with E-state index in [1.165, 1.54) is 0 Å². The fourth-order valence-electron chi connectivity index (χ4n) is 2.92. The van der Waals surface area contributed by atoms with E-state index in [0.717, 1.165) is 31.2 Å². The number of aryl methyl sites for hydroxylation is 1. The number of likely N-dealkylation sites (tertiary alicyclic amines) is 1. The van der Waals surface area contributed by atoms with Crippen molar-refractivity contribution in [2.24, 2.45) is 5.92 Å². The van der Waals surface area contributed by atoms with Gasteiger partial charge in [0.2, 0.25) is 10.0 Å². The minimum Gasteiger partial charge on any atom is -0.339 e. The molecule has 0 unspecified atom stereocenters. The first-order valence-electron chi connectivity index (χ1n) is 7.82. The van der Waals surface area contributed by atoms with Crippen LogP contribution in [0.2, 0.25) is 0 Å². The molecule has 2 N–H and O–H groups in total. The number of nitrogens with one attached hydrogen (secondary N) is 2. The van der Waals surface area contributed by atoms with Gasteiger partial charge < -0.3 is 10.2 Å². The number of carbonyl (C=O) groups excluding carboxylic acids is 1. The Morgan fingerprint density at radius 2 is 1.96 bits per heavy atom. The zero-order valence-electron chi connectivity index (χ0n) is 13.9. The van der Waals surface area contributed by atoms with Gasteiger partial charge in [-0.25, -0.2) is 8.42 Å². The smallest absolute Gasteiger partial charge is 0.255 e. The summed E-state index contributed by atoms with van der Waals surface area (Å²) in [6, 6.07) is 5.19. The maximum Gasteiger partial charge on any atom is 0.255 e. The minimum atomic E-state index is -3.42. The maximum absolute atomic E-state index is 12.8. The Balaban J connectivity index is 2.17. The van der Waals surface area contributed by atoms with Crippen LogP contribution in [-0.2, 0) is 10.0 Å². The predicted molar refractivity (Wildman–Crippen MR) is 92.2 cm³/mol. The maximum atomic E-state index is 12.8. The molecule has 1 aliphatic heterocycles. The van der Waals surface area contributed by atoms with Crippen LogP contribution in [0.15, 0.2) is 18.2 Å². The van der Waals surface area contributed by atoms with E-state index in [4.69, 9.17) is 0 Å². The van der Waals surface area contributed by atoms with Crippen LogP contribution >= 0.6 is 0 Å². The molecule has 1 aliphatic rings. The number of nitrogens with zero attached hydrogens (tertiary/aromatic N) is 1. The Labute approximate surface area is 138 Å². The molecule has 1 fully saturated rings. The van der Waals surface area contributed by atoms with Crippen molar-refractivity contribution in [1.29, 1.82) is 0 Å². The van der Waals surface area contributed by atoms with Crippen LogP contribution in [0.1, 0.15) is 28.8 Å². The van der Waals surface area contributed by atoms with Gasteiger partial charge in [-0.3, -0.25) is 9.52 Å². The molecule has 0 bridgehead atoms. The van der Waals surface area contributed by atoms with E-state index in [2.05, 4.69) is 10.0 Å². The average molecular weight is 339 g/mol. The number of sulfonamides is 1. The summed E-state index contributed by atoms with van der Waals surface area (Å²) in [5, 5.41) is 3.18. The van der Waals surface area contributed by atoms with Crippen LogP contribution in [0.25, 0.3) is 0 Å². The highest BCUT2D eigenvalue weighted by molar-refractivity contribution is 7.92. The lowest BCUT2D eigenvalue weighted by atomic mass is 9.96. The van der Waals surface area contributed by atoms with Crippen molar-refractivity contribution in [2.75, 3.05) is 37.7 Å². The Hall–Kier alpha value is -1.60. The molecule has 6 nitrogen and oxygen atoms in total. The van der Waals surface area contributed by atoms with Gasteiger partial charge in [-0.05, 0) is 51.4 Å². The Morgan fingerprint density at radius 1 is 1.30 bits per heavy atom. The molecular weight excluding hydrogens is 314 g/mol. The monoisotopic (exact) mass is 339 g/mol. The van der Waals surface area contributed by atoms with Crippen LogP contribution in [0.4, 0.5) is 5.69 Å². The SMILES string of the molecule is CNCC1CCN(C(=O)c2cc(C)ccc2NS(C)(=O)=O)CC1. The number of hydrogen-bond donors (Lipinski definition) is 2. The van der Waals surface area contributed by atoms with Crippen LogP contribution in [-0.4, -0.2) is 52.2 Å². The van der Waals surface area contributed by atoms with Gasteiger partial charge in [-0.2, -0.15) is 0 Å². The minimum absolute atomic E-state index is 0.109. The van der Waals surface area contributed by atoms with Crippen molar-refractivity contribution in [2.45, 2.75) is 19.8 Å². The van der Waals surface area contributed by atoms with Gasteiger partial charge >= 0.3 is 0 Å². The molecule has 7 heteroatoms. The van der Waals surface area contributed by atoms with Crippen LogP contribution in [0.5, 0.6) is 0 Å². The van der Waals surface area contributed by atoms with E-state index in [1.54, 1.807) is 18.2 Å². The van der Waals surface area contributed by atoms with Crippen molar-refractivity contribution in [3.8, 4) is 0 Å². The Morgan fingerprint density at radius 3 is 2.52 bits per heavy atom. The fraction of sp³-hybridized carbons (Fsp3) is 0.562. The molecule has 1 aromatic carbocycles. The lowest BCUT2D eigenvalue weighted by Crippen LogP contribution is -2.40. The third-order valence-corrected chi connectivity index (χ3v) is 4.69. The molecule has 0 aromatic heterocycles. The predicted octanol–water partition coefficient (Wildman–Crippen LogP) is 1.44. The quantitative estimate of drug-likeness (QED) is 0.851. The van der Waals surface area contributed by atoms with E-state index in [0.29, 0.717) is 30.3 Å². The number of carbonyl (C=O) groups is 1. The lowest BCUT2D eigenvalue weighted by molar-refractivity contribution is 0.0692. The molecule has 0 spiro atoms. The number of hydrogen-bond acceptors (Lipinski definition) is 4. The highest BCUT2D eigenvalue weighted by atomic mass is 32.2. The van der Waals surface area contributed by atoms with Gasteiger partial charge in [0.25, 0.3) is 5.91 Å². The molecule has 0 atom stereocenters. The lowest BCUT2D eigenvalue weighted by Gasteiger charge is -2.32. The Kier molecular flexibility index (Phi) is 5.64.